The number of anilines is 1. The SMILES string of the molecule is C[C@H]1CCc2c(sc3ncn(CC(=O)Nc4ccc(F)cc4F)c(=O)c23)C1. The number of aryl methyl sites for hydroxylation is 1. The average Bonchev–Trinajstić information content (AvgIpc) is 2.98. The Morgan fingerprint density at radius 1 is 1.41 bits per heavy atom. The van der Waals surface area contributed by atoms with Crippen molar-refractivity contribution in [3.63, 3.8) is 0 Å². The van der Waals surface area contributed by atoms with Crippen LogP contribution >= 0.6 is 11.3 Å². The van der Waals surface area contributed by atoms with Crippen molar-refractivity contribution in [2.45, 2.75) is 32.7 Å². The summed E-state index contributed by atoms with van der Waals surface area (Å²) in [6, 6.07) is 2.88. The van der Waals surface area contributed by atoms with Gasteiger partial charge in [-0.1, -0.05) is 6.92 Å². The fourth-order valence-electron chi connectivity index (χ4n) is 3.41. The maximum absolute atomic E-state index is 13.7. The quantitative estimate of drug-likeness (QED) is 0.746. The summed E-state index contributed by atoms with van der Waals surface area (Å²) in [7, 11) is 0. The van der Waals surface area contributed by atoms with Crippen LogP contribution in [-0.2, 0) is 24.2 Å². The van der Waals surface area contributed by atoms with E-state index in [0.717, 1.165) is 37.0 Å². The van der Waals surface area contributed by atoms with E-state index in [1.54, 1.807) is 11.3 Å². The zero-order chi connectivity index (χ0) is 19.1. The first-order chi connectivity index (χ1) is 12.9. The van der Waals surface area contributed by atoms with Gasteiger partial charge in [-0.2, -0.15) is 0 Å². The number of carbonyl (C=O) groups excluding carboxylic acids is 1. The van der Waals surface area contributed by atoms with Crippen LogP contribution in [0.2, 0.25) is 0 Å². The van der Waals surface area contributed by atoms with Crippen LogP contribution in [0.3, 0.4) is 0 Å². The van der Waals surface area contributed by atoms with Crippen LogP contribution in [0.5, 0.6) is 0 Å². The molecule has 1 aliphatic carbocycles. The van der Waals surface area contributed by atoms with Gasteiger partial charge in [-0.25, -0.2) is 13.8 Å². The second kappa shape index (κ2) is 6.84. The van der Waals surface area contributed by atoms with Crippen LogP contribution in [-0.4, -0.2) is 15.5 Å². The third-order valence-electron chi connectivity index (χ3n) is 4.80. The van der Waals surface area contributed by atoms with Crippen molar-refractivity contribution >= 4 is 33.1 Å². The minimum absolute atomic E-state index is 0.134. The van der Waals surface area contributed by atoms with E-state index >= 15 is 0 Å². The van der Waals surface area contributed by atoms with E-state index in [4.69, 9.17) is 0 Å². The predicted octanol–water partition coefficient (Wildman–Crippen LogP) is 3.50. The van der Waals surface area contributed by atoms with E-state index in [2.05, 4.69) is 17.2 Å². The molecule has 0 saturated heterocycles. The first-order valence-corrected chi connectivity index (χ1v) is 9.48. The number of fused-ring (bicyclic) bond motifs is 3. The van der Waals surface area contributed by atoms with E-state index < -0.39 is 17.5 Å². The van der Waals surface area contributed by atoms with Gasteiger partial charge < -0.3 is 5.32 Å². The molecular weight excluding hydrogens is 372 g/mol. The van der Waals surface area contributed by atoms with Crippen molar-refractivity contribution in [3.05, 3.63) is 57.0 Å². The molecule has 27 heavy (non-hydrogen) atoms. The smallest absolute Gasteiger partial charge is 0.262 e. The van der Waals surface area contributed by atoms with E-state index in [1.165, 1.54) is 15.8 Å². The Morgan fingerprint density at radius 3 is 3.00 bits per heavy atom. The summed E-state index contributed by atoms with van der Waals surface area (Å²) in [6.07, 6.45) is 4.15. The summed E-state index contributed by atoms with van der Waals surface area (Å²) in [5.74, 6) is -1.59. The Kier molecular flexibility index (Phi) is 4.51. The largest absolute Gasteiger partial charge is 0.322 e. The van der Waals surface area contributed by atoms with Gasteiger partial charge in [0.25, 0.3) is 5.56 Å². The van der Waals surface area contributed by atoms with Crippen molar-refractivity contribution in [3.8, 4) is 0 Å². The average molecular weight is 389 g/mol. The van der Waals surface area contributed by atoms with E-state index in [0.29, 0.717) is 22.2 Å². The van der Waals surface area contributed by atoms with Crippen molar-refractivity contribution < 1.29 is 13.6 Å². The Bertz CT molecular complexity index is 1110. The molecule has 0 fully saturated rings. The van der Waals surface area contributed by atoms with Gasteiger partial charge >= 0.3 is 0 Å². The first kappa shape index (κ1) is 17.8. The highest BCUT2D eigenvalue weighted by Crippen LogP contribution is 2.35. The van der Waals surface area contributed by atoms with Crippen LogP contribution in [0.1, 0.15) is 23.8 Å². The van der Waals surface area contributed by atoms with E-state index in [1.807, 2.05) is 0 Å². The maximum Gasteiger partial charge on any atom is 0.262 e. The number of hydrogen-bond acceptors (Lipinski definition) is 4. The van der Waals surface area contributed by atoms with Gasteiger partial charge in [0.2, 0.25) is 5.91 Å². The summed E-state index contributed by atoms with van der Waals surface area (Å²) in [5, 5.41) is 2.95. The molecule has 4 rings (SSSR count). The Hall–Kier alpha value is -2.61. The van der Waals surface area contributed by atoms with Gasteiger partial charge in [-0.05, 0) is 42.9 Å². The number of nitrogens with one attached hydrogen (secondary N) is 1. The van der Waals surface area contributed by atoms with Gasteiger partial charge in [0.15, 0.2) is 0 Å². The number of thiophene rings is 1. The summed E-state index contributed by atoms with van der Waals surface area (Å²) >= 11 is 1.54. The predicted molar refractivity (Wildman–Crippen MR) is 100 cm³/mol. The van der Waals surface area contributed by atoms with Gasteiger partial charge in [0, 0.05) is 10.9 Å². The molecule has 0 bridgehead atoms. The van der Waals surface area contributed by atoms with Crippen LogP contribution in [0, 0.1) is 17.6 Å². The lowest BCUT2D eigenvalue weighted by atomic mass is 9.89. The summed E-state index contributed by atoms with van der Waals surface area (Å²) < 4.78 is 27.9. The summed E-state index contributed by atoms with van der Waals surface area (Å²) in [4.78, 5) is 31.3. The van der Waals surface area contributed by atoms with Gasteiger partial charge in [0.1, 0.15) is 23.0 Å². The molecule has 0 saturated carbocycles. The van der Waals surface area contributed by atoms with E-state index in [9.17, 15) is 18.4 Å². The van der Waals surface area contributed by atoms with Gasteiger partial charge in [0.05, 0.1) is 17.4 Å². The lowest BCUT2D eigenvalue weighted by Gasteiger charge is -2.17. The normalized spacial score (nSPS) is 16.3. The first-order valence-electron chi connectivity index (χ1n) is 8.67. The molecule has 3 aromatic rings. The third kappa shape index (κ3) is 3.37. The summed E-state index contributed by atoms with van der Waals surface area (Å²) in [6.45, 7) is 1.90. The number of aromatic nitrogens is 2. The molecule has 2 aromatic heterocycles. The highest BCUT2D eigenvalue weighted by molar-refractivity contribution is 7.18. The number of hydrogen-bond donors (Lipinski definition) is 1. The zero-order valence-electron chi connectivity index (χ0n) is 14.6. The number of benzene rings is 1. The Morgan fingerprint density at radius 2 is 2.22 bits per heavy atom. The van der Waals surface area contributed by atoms with Crippen LogP contribution in [0.15, 0.2) is 29.3 Å². The lowest BCUT2D eigenvalue weighted by molar-refractivity contribution is -0.116. The number of carbonyl (C=O) groups is 1. The minimum atomic E-state index is -0.870. The zero-order valence-corrected chi connectivity index (χ0v) is 15.4. The highest BCUT2D eigenvalue weighted by atomic mass is 32.1. The molecule has 5 nitrogen and oxygen atoms in total. The second-order valence-corrected chi connectivity index (χ2v) is 7.97. The van der Waals surface area contributed by atoms with Crippen molar-refractivity contribution in [2.75, 3.05) is 5.32 Å². The third-order valence-corrected chi connectivity index (χ3v) is 5.96. The molecule has 8 heteroatoms. The Balaban J connectivity index is 1.61. The number of amides is 1. The monoisotopic (exact) mass is 389 g/mol. The fraction of sp³-hybridized carbons (Fsp3) is 0.316. The molecule has 1 amide bonds. The van der Waals surface area contributed by atoms with Crippen LogP contribution in [0.4, 0.5) is 14.5 Å². The van der Waals surface area contributed by atoms with E-state index in [-0.39, 0.29) is 17.8 Å². The maximum atomic E-state index is 13.7. The minimum Gasteiger partial charge on any atom is -0.322 e. The molecular formula is C19H17F2N3O2S. The Labute approximate surface area is 157 Å². The number of nitrogens with zero attached hydrogens (tertiary/aromatic N) is 2. The van der Waals surface area contributed by atoms with Gasteiger partial charge in [-0.3, -0.25) is 14.2 Å². The highest BCUT2D eigenvalue weighted by Gasteiger charge is 2.23. The molecule has 140 valence electrons. The van der Waals surface area contributed by atoms with Crippen molar-refractivity contribution in [1.29, 1.82) is 0 Å². The topological polar surface area (TPSA) is 64.0 Å². The lowest BCUT2D eigenvalue weighted by Crippen LogP contribution is -2.28. The molecule has 0 unspecified atom stereocenters. The molecule has 1 atom stereocenters. The van der Waals surface area contributed by atoms with Crippen LogP contribution in [0.25, 0.3) is 10.2 Å². The van der Waals surface area contributed by atoms with Gasteiger partial charge in [-0.15, -0.1) is 11.3 Å². The molecule has 0 spiro atoms. The van der Waals surface area contributed by atoms with Crippen LogP contribution < -0.4 is 10.9 Å². The number of rotatable bonds is 3. The fourth-order valence-corrected chi connectivity index (χ4v) is 4.75. The molecule has 0 radical (unpaired) electrons. The van der Waals surface area contributed by atoms with Crippen molar-refractivity contribution in [1.82, 2.24) is 9.55 Å². The molecule has 1 aromatic carbocycles. The standard InChI is InChI=1S/C19H17F2N3O2S/c1-10-2-4-12-15(6-10)27-18-17(12)19(26)24(9-22-18)8-16(25)23-14-5-3-11(20)7-13(14)21/h3,5,7,9-10H,2,4,6,8H2,1H3,(H,23,25)/t10-/m0/s1. The molecule has 1 aliphatic rings. The number of halogens is 2. The van der Waals surface area contributed by atoms with Crippen molar-refractivity contribution in [2.24, 2.45) is 5.92 Å². The molecule has 1 N–H and O–H groups in total. The summed E-state index contributed by atoms with van der Waals surface area (Å²) in [5.41, 5.74) is 0.650. The molecule has 2 heterocycles. The second-order valence-electron chi connectivity index (χ2n) is 6.88. The molecule has 0 aliphatic heterocycles.